The first-order valence-electron chi connectivity index (χ1n) is 7.37. The number of benzene rings is 1. The Balaban J connectivity index is 2.09. The minimum atomic E-state index is -0.580. The predicted octanol–water partition coefficient (Wildman–Crippen LogP) is 4.29. The van der Waals surface area contributed by atoms with Gasteiger partial charge in [0.15, 0.2) is 11.2 Å². The molecule has 0 fully saturated rings. The van der Waals surface area contributed by atoms with Gasteiger partial charge < -0.3 is 4.74 Å². The van der Waals surface area contributed by atoms with Gasteiger partial charge in [-0.3, -0.25) is 10.1 Å². The van der Waals surface area contributed by atoms with E-state index in [1.54, 1.807) is 13.1 Å². The van der Waals surface area contributed by atoms with E-state index in [2.05, 4.69) is 36.3 Å². The van der Waals surface area contributed by atoms with Crippen LogP contribution in [0.5, 0.6) is 5.75 Å². The third-order valence-electron chi connectivity index (χ3n) is 3.32. The second kappa shape index (κ2) is 6.92. The lowest BCUT2D eigenvalue weighted by molar-refractivity contribution is -0.122. The van der Waals surface area contributed by atoms with Crippen molar-refractivity contribution in [1.29, 1.82) is 0 Å². The first kappa shape index (κ1) is 16.5. The molecule has 5 heteroatoms. The molecule has 0 saturated heterocycles. The number of thiazole rings is 1. The maximum atomic E-state index is 12.2. The number of anilines is 1. The lowest BCUT2D eigenvalue weighted by atomic mass is 10.0. The maximum absolute atomic E-state index is 12.2. The van der Waals surface area contributed by atoms with Gasteiger partial charge in [-0.05, 0) is 43.9 Å². The van der Waals surface area contributed by atoms with Crippen LogP contribution in [0.3, 0.4) is 0 Å². The molecule has 1 amide bonds. The Hall–Kier alpha value is -1.88. The molecule has 0 aliphatic rings. The fourth-order valence-corrected chi connectivity index (χ4v) is 2.75. The number of rotatable bonds is 5. The van der Waals surface area contributed by atoms with Gasteiger partial charge in [0, 0.05) is 11.1 Å². The number of aromatic nitrogens is 1. The fourth-order valence-electron chi connectivity index (χ4n) is 2.08. The second-order valence-corrected chi connectivity index (χ2v) is 6.96. The first-order chi connectivity index (χ1) is 10.4. The number of aryl methyl sites for hydroxylation is 2. The van der Waals surface area contributed by atoms with Gasteiger partial charge in [-0.15, -0.1) is 11.3 Å². The van der Waals surface area contributed by atoms with Gasteiger partial charge >= 0.3 is 0 Å². The summed E-state index contributed by atoms with van der Waals surface area (Å²) >= 11 is 1.45. The molecule has 1 N–H and O–H groups in total. The van der Waals surface area contributed by atoms with Gasteiger partial charge in [-0.2, -0.15) is 0 Å². The average molecular weight is 318 g/mol. The van der Waals surface area contributed by atoms with Gasteiger partial charge in [0.2, 0.25) is 0 Å². The zero-order chi connectivity index (χ0) is 16.3. The quantitative estimate of drug-likeness (QED) is 0.894. The van der Waals surface area contributed by atoms with Crippen molar-refractivity contribution < 1.29 is 9.53 Å². The van der Waals surface area contributed by atoms with Crippen molar-refractivity contribution in [3.63, 3.8) is 0 Å². The van der Waals surface area contributed by atoms with Crippen LogP contribution in [-0.2, 0) is 4.79 Å². The number of amides is 1. The molecule has 2 rings (SSSR count). The molecule has 1 aromatic heterocycles. The van der Waals surface area contributed by atoms with E-state index in [1.165, 1.54) is 11.3 Å². The second-order valence-electron chi connectivity index (χ2n) is 5.72. The Kier molecular flexibility index (Phi) is 5.19. The first-order valence-corrected chi connectivity index (χ1v) is 8.19. The average Bonchev–Trinajstić information content (AvgIpc) is 2.83. The molecule has 0 aliphatic heterocycles. The molecule has 0 radical (unpaired) electrons. The van der Waals surface area contributed by atoms with Crippen molar-refractivity contribution in [2.24, 2.45) is 0 Å². The smallest absolute Gasteiger partial charge is 0.266 e. The van der Waals surface area contributed by atoms with Crippen LogP contribution in [0.2, 0.25) is 0 Å². The van der Waals surface area contributed by atoms with E-state index in [0.717, 1.165) is 21.8 Å². The fraction of sp³-hybridized carbons (Fsp3) is 0.412. The summed E-state index contributed by atoms with van der Waals surface area (Å²) in [5, 5.41) is 3.39. The van der Waals surface area contributed by atoms with Crippen LogP contribution in [-0.4, -0.2) is 17.0 Å². The molecule has 1 heterocycles. The number of nitrogens with zero attached hydrogens (tertiary/aromatic N) is 1. The van der Waals surface area contributed by atoms with Crippen molar-refractivity contribution in [2.75, 3.05) is 5.32 Å². The molecule has 118 valence electrons. The van der Waals surface area contributed by atoms with Crippen LogP contribution in [0.1, 0.15) is 42.7 Å². The number of hydrogen-bond donors (Lipinski definition) is 1. The van der Waals surface area contributed by atoms with Gasteiger partial charge in [-0.25, -0.2) is 4.98 Å². The zero-order valence-electron chi connectivity index (χ0n) is 13.6. The number of carbonyl (C=O) groups excluding carboxylic acids is 1. The highest BCUT2D eigenvalue weighted by Crippen LogP contribution is 2.28. The summed E-state index contributed by atoms with van der Waals surface area (Å²) in [7, 11) is 0. The number of carbonyl (C=O) groups is 1. The highest BCUT2D eigenvalue weighted by atomic mass is 32.1. The molecule has 1 unspecified atom stereocenters. The standard InChI is InChI=1S/C17H22N2O2S/c1-10(2)14-7-6-11(3)8-15(14)21-13(5)16(20)19-17-18-9-12(4)22-17/h6-10,13H,1-5H3,(H,18,19,20). The van der Waals surface area contributed by atoms with Crippen molar-refractivity contribution in [1.82, 2.24) is 4.98 Å². The van der Waals surface area contributed by atoms with Crippen LogP contribution in [0, 0.1) is 13.8 Å². The Morgan fingerprint density at radius 2 is 2.00 bits per heavy atom. The Morgan fingerprint density at radius 3 is 2.59 bits per heavy atom. The number of nitrogens with one attached hydrogen (secondary N) is 1. The normalized spacial score (nSPS) is 12.3. The Bertz CT molecular complexity index is 664. The molecular formula is C17H22N2O2S. The van der Waals surface area contributed by atoms with E-state index in [9.17, 15) is 4.79 Å². The van der Waals surface area contributed by atoms with Crippen LogP contribution < -0.4 is 10.1 Å². The summed E-state index contributed by atoms with van der Waals surface area (Å²) in [5.74, 6) is 0.922. The van der Waals surface area contributed by atoms with E-state index in [0.29, 0.717) is 11.0 Å². The summed E-state index contributed by atoms with van der Waals surface area (Å²) in [5.41, 5.74) is 2.22. The molecule has 0 spiro atoms. The third-order valence-corrected chi connectivity index (χ3v) is 4.14. The molecule has 0 bridgehead atoms. The lowest BCUT2D eigenvalue weighted by Gasteiger charge is -2.19. The summed E-state index contributed by atoms with van der Waals surface area (Å²) < 4.78 is 5.89. The van der Waals surface area contributed by atoms with Crippen molar-refractivity contribution in [2.45, 2.75) is 46.6 Å². The molecular weight excluding hydrogens is 296 g/mol. The molecule has 22 heavy (non-hydrogen) atoms. The molecule has 4 nitrogen and oxygen atoms in total. The van der Waals surface area contributed by atoms with Gasteiger partial charge in [0.25, 0.3) is 5.91 Å². The van der Waals surface area contributed by atoms with E-state index in [1.807, 2.05) is 19.9 Å². The summed E-state index contributed by atoms with van der Waals surface area (Å²) in [4.78, 5) is 17.4. The summed E-state index contributed by atoms with van der Waals surface area (Å²) in [6.07, 6.45) is 1.16. The van der Waals surface area contributed by atoms with E-state index in [4.69, 9.17) is 4.74 Å². The topological polar surface area (TPSA) is 51.2 Å². The van der Waals surface area contributed by atoms with Gasteiger partial charge in [-0.1, -0.05) is 26.0 Å². The Morgan fingerprint density at radius 1 is 1.27 bits per heavy atom. The molecule has 2 aromatic rings. The lowest BCUT2D eigenvalue weighted by Crippen LogP contribution is -2.30. The van der Waals surface area contributed by atoms with Crippen LogP contribution >= 0.6 is 11.3 Å². The van der Waals surface area contributed by atoms with E-state index < -0.39 is 6.10 Å². The summed E-state index contributed by atoms with van der Waals surface area (Å²) in [6.45, 7) is 9.94. The van der Waals surface area contributed by atoms with E-state index >= 15 is 0 Å². The largest absolute Gasteiger partial charge is 0.481 e. The number of ether oxygens (including phenoxy) is 1. The summed E-state index contributed by atoms with van der Waals surface area (Å²) in [6, 6.07) is 6.10. The minimum Gasteiger partial charge on any atom is -0.481 e. The minimum absolute atomic E-state index is 0.189. The SMILES string of the molecule is Cc1ccc(C(C)C)c(OC(C)C(=O)Nc2ncc(C)s2)c1. The molecule has 0 saturated carbocycles. The van der Waals surface area contributed by atoms with Gasteiger partial charge in [0.05, 0.1) is 0 Å². The van der Waals surface area contributed by atoms with Crippen molar-refractivity contribution in [3.8, 4) is 5.75 Å². The van der Waals surface area contributed by atoms with Crippen LogP contribution in [0.4, 0.5) is 5.13 Å². The third kappa shape index (κ3) is 4.07. The van der Waals surface area contributed by atoms with Gasteiger partial charge in [0.1, 0.15) is 5.75 Å². The molecule has 1 atom stereocenters. The highest BCUT2D eigenvalue weighted by Gasteiger charge is 2.18. The predicted molar refractivity (Wildman–Crippen MR) is 90.8 cm³/mol. The van der Waals surface area contributed by atoms with Crippen molar-refractivity contribution in [3.05, 3.63) is 40.4 Å². The highest BCUT2D eigenvalue weighted by molar-refractivity contribution is 7.15. The maximum Gasteiger partial charge on any atom is 0.266 e. The molecule has 0 aliphatic carbocycles. The van der Waals surface area contributed by atoms with E-state index in [-0.39, 0.29) is 5.91 Å². The Labute approximate surface area is 135 Å². The van der Waals surface area contributed by atoms with Crippen LogP contribution in [0.25, 0.3) is 0 Å². The zero-order valence-corrected chi connectivity index (χ0v) is 14.5. The number of hydrogen-bond acceptors (Lipinski definition) is 4. The molecule has 1 aromatic carbocycles. The van der Waals surface area contributed by atoms with Crippen LogP contribution in [0.15, 0.2) is 24.4 Å². The monoisotopic (exact) mass is 318 g/mol. The van der Waals surface area contributed by atoms with Crippen molar-refractivity contribution >= 4 is 22.4 Å².